The lowest BCUT2D eigenvalue weighted by molar-refractivity contribution is -0.139. The summed E-state index contributed by atoms with van der Waals surface area (Å²) < 4.78 is 46.1. The van der Waals surface area contributed by atoms with Crippen LogP contribution in [-0.2, 0) is 22.2 Å². The van der Waals surface area contributed by atoms with Gasteiger partial charge in [-0.1, -0.05) is 54.6 Å². The van der Waals surface area contributed by atoms with E-state index in [0.29, 0.717) is 6.42 Å². The number of hydrogen-bond donors (Lipinski definition) is 3. The highest BCUT2D eigenvalue weighted by Crippen LogP contribution is 2.38. The third-order valence-electron chi connectivity index (χ3n) is 4.99. The smallest absolute Gasteiger partial charge is 0.420 e. The summed E-state index contributed by atoms with van der Waals surface area (Å²) in [4.78, 5) is 22.6. The van der Waals surface area contributed by atoms with E-state index in [4.69, 9.17) is 15.6 Å². The molecule has 9 heteroatoms. The molecule has 0 radical (unpaired) electrons. The maximum absolute atomic E-state index is 13.6. The monoisotopic (exact) mass is 472 g/mol. The summed E-state index contributed by atoms with van der Waals surface area (Å²) in [6.45, 7) is 0.0168. The standard InChI is InChI=1S/C25H23F3N2O4/c26-25(27,28)20-14-19(30-24(33)21(29)15-23(31)32)10-11-22(20)34-13-12-16-6-8-18(9-7-16)17-4-2-1-3-5-17/h1-11,14,21H,12-13,15,29H2,(H,30,33)(H,31,32). The van der Waals surface area contributed by atoms with Gasteiger partial charge in [-0.25, -0.2) is 0 Å². The van der Waals surface area contributed by atoms with Crippen LogP contribution in [0.15, 0.2) is 72.8 Å². The van der Waals surface area contributed by atoms with Crippen LogP contribution >= 0.6 is 0 Å². The maximum atomic E-state index is 13.6. The van der Waals surface area contributed by atoms with E-state index in [2.05, 4.69) is 5.32 Å². The van der Waals surface area contributed by atoms with Crippen molar-refractivity contribution in [1.82, 2.24) is 0 Å². The lowest BCUT2D eigenvalue weighted by Crippen LogP contribution is -2.37. The molecule has 3 aromatic rings. The lowest BCUT2D eigenvalue weighted by atomic mass is 10.0. The fraction of sp³-hybridized carbons (Fsp3) is 0.200. The second kappa shape index (κ2) is 10.8. The number of alkyl halides is 3. The van der Waals surface area contributed by atoms with Gasteiger partial charge in [0.1, 0.15) is 5.75 Å². The number of aliphatic carboxylic acids is 1. The number of nitrogens with one attached hydrogen (secondary N) is 1. The van der Waals surface area contributed by atoms with E-state index >= 15 is 0 Å². The highest BCUT2D eigenvalue weighted by atomic mass is 19.4. The lowest BCUT2D eigenvalue weighted by Gasteiger charge is -2.17. The molecule has 0 aromatic heterocycles. The molecule has 6 nitrogen and oxygen atoms in total. The van der Waals surface area contributed by atoms with Gasteiger partial charge in [-0.05, 0) is 34.9 Å². The van der Waals surface area contributed by atoms with E-state index in [-0.39, 0.29) is 18.0 Å². The Morgan fingerprint density at radius 1 is 0.971 bits per heavy atom. The highest BCUT2D eigenvalue weighted by molar-refractivity contribution is 5.96. The molecule has 1 unspecified atom stereocenters. The summed E-state index contributed by atoms with van der Waals surface area (Å²) in [7, 11) is 0. The molecular formula is C25H23F3N2O4. The van der Waals surface area contributed by atoms with Crippen LogP contribution in [0, 0.1) is 0 Å². The third-order valence-corrected chi connectivity index (χ3v) is 4.99. The minimum absolute atomic E-state index is 0.0168. The first-order valence-corrected chi connectivity index (χ1v) is 10.4. The molecule has 3 aromatic carbocycles. The third kappa shape index (κ3) is 6.82. The second-order valence-electron chi connectivity index (χ2n) is 7.56. The largest absolute Gasteiger partial charge is 0.493 e. The molecule has 0 aliphatic heterocycles. The van der Waals surface area contributed by atoms with Gasteiger partial charge in [0, 0.05) is 12.1 Å². The van der Waals surface area contributed by atoms with Gasteiger partial charge in [-0.15, -0.1) is 0 Å². The van der Waals surface area contributed by atoms with E-state index < -0.39 is 36.1 Å². The first-order valence-electron chi connectivity index (χ1n) is 10.4. The molecule has 1 atom stereocenters. The van der Waals surface area contributed by atoms with Crippen LogP contribution in [0.5, 0.6) is 5.75 Å². The Morgan fingerprint density at radius 2 is 1.62 bits per heavy atom. The number of benzene rings is 3. The fourth-order valence-corrected chi connectivity index (χ4v) is 3.24. The summed E-state index contributed by atoms with van der Waals surface area (Å²) in [5.74, 6) is -2.57. The number of nitrogens with two attached hydrogens (primary N) is 1. The average Bonchev–Trinajstić information content (AvgIpc) is 2.80. The SMILES string of the molecule is NC(CC(=O)O)C(=O)Nc1ccc(OCCc2ccc(-c3ccccc3)cc2)c(C(F)(F)F)c1. The number of halogens is 3. The molecule has 0 spiro atoms. The van der Waals surface area contributed by atoms with Gasteiger partial charge >= 0.3 is 12.1 Å². The maximum Gasteiger partial charge on any atom is 0.420 e. The number of hydrogen-bond acceptors (Lipinski definition) is 4. The van der Waals surface area contributed by atoms with Crippen molar-refractivity contribution in [3.63, 3.8) is 0 Å². The number of carboxylic acid groups (broad SMARTS) is 1. The predicted octanol–water partition coefficient (Wildman–Crippen LogP) is 4.73. The van der Waals surface area contributed by atoms with E-state index in [1.165, 1.54) is 6.07 Å². The molecular weight excluding hydrogens is 449 g/mol. The summed E-state index contributed by atoms with van der Waals surface area (Å²) in [5.41, 5.74) is 7.23. The van der Waals surface area contributed by atoms with Gasteiger partial charge in [0.2, 0.25) is 5.91 Å². The van der Waals surface area contributed by atoms with Crippen LogP contribution in [-0.4, -0.2) is 29.6 Å². The van der Waals surface area contributed by atoms with Crippen LogP contribution in [0.4, 0.5) is 18.9 Å². The number of carbonyl (C=O) groups is 2. The normalized spacial score (nSPS) is 12.1. The molecule has 0 heterocycles. The second-order valence-corrected chi connectivity index (χ2v) is 7.56. The van der Waals surface area contributed by atoms with Gasteiger partial charge in [0.25, 0.3) is 0 Å². The van der Waals surface area contributed by atoms with E-state index in [1.807, 2.05) is 54.6 Å². The summed E-state index contributed by atoms with van der Waals surface area (Å²) in [6, 6.07) is 19.2. The Kier molecular flexibility index (Phi) is 7.91. The molecule has 0 bridgehead atoms. The minimum atomic E-state index is -4.73. The first-order chi connectivity index (χ1) is 16.1. The Balaban J connectivity index is 1.65. The topological polar surface area (TPSA) is 102 Å². The number of ether oxygens (including phenoxy) is 1. The zero-order valence-corrected chi connectivity index (χ0v) is 18.0. The summed E-state index contributed by atoms with van der Waals surface area (Å²) >= 11 is 0. The Morgan fingerprint density at radius 3 is 2.24 bits per heavy atom. The van der Waals surface area contributed by atoms with E-state index in [1.54, 1.807) is 0 Å². The highest BCUT2D eigenvalue weighted by Gasteiger charge is 2.35. The molecule has 34 heavy (non-hydrogen) atoms. The van der Waals surface area contributed by atoms with Crippen molar-refractivity contribution in [2.45, 2.75) is 25.1 Å². The van der Waals surface area contributed by atoms with Gasteiger partial charge in [0.05, 0.1) is 24.6 Å². The minimum Gasteiger partial charge on any atom is -0.493 e. The van der Waals surface area contributed by atoms with Crippen LogP contribution in [0.3, 0.4) is 0 Å². The van der Waals surface area contributed by atoms with Crippen LogP contribution in [0.2, 0.25) is 0 Å². The Hall–Kier alpha value is -3.85. The van der Waals surface area contributed by atoms with Gasteiger partial charge in [0.15, 0.2) is 0 Å². The van der Waals surface area contributed by atoms with Gasteiger partial charge in [-0.3, -0.25) is 9.59 Å². The molecule has 0 fully saturated rings. The summed E-state index contributed by atoms with van der Waals surface area (Å²) in [6.07, 6.45) is -4.98. The van der Waals surface area contributed by atoms with Crippen molar-refractivity contribution in [3.8, 4) is 16.9 Å². The number of carbonyl (C=O) groups excluding carboxylic acids is 1. The van der Waals surface area contributed by atoms with Crippen molar-refractivity contribution < 1.29 is 32.6 Å². The van der Waals surface area contributed by atoms with Crippen LogP contribution in [0.25, 0.3) is 11.1 Å². The quantitative estimate of drug-likeness (QED) is 0.418. The average molecular weight is 472 g/mol. The number of anilines is 1. The number of rotatable bonds is 9. The molecule has 4 N–H and O–H groups in total. The fourth-order valence-electron chi connectivity index (χ4n) is 3.24. The molecule has 0 saturated carbocycles. The van der Waals surface area contributed by atoms with Crippen molar-refractivity contribution in [3.05, 3.63) is 83.9 Å². The van der Waals surface area contributed by atoms with Crippen molar-refractivity contribution in [1.29, 1.82) is 0 Å². The predicted molar refractivity (Wildman–Crippen MR) is 121 cm³/mol. The van der Waals surface area contributed by atoms with Crippen molar-refractivity contribution >= 4 is 17.6 Å². The zero-order valence-electron chi connectivity index (χ0n) is 18.0. The first kappa shape index (κ1) is 24.8. The molecule has 0 aliphatic carbocycles. The zero-order chi connectivity index (χ0) is 24.7. The van der Waals surface area contributed by atoms with Crippen LogP contribution in [0.1, 0.15) is 17.5 Å². The van der Waals surface area contributed by atoms with Gasteiger partial charge in [-0.2, -0.15) is 13.2 Å². The molecule has 178 valence electrons. The number of carboxylic acids is 1. The molecule has 0 aliphatic rings. The van der Waals surface area contributed by atoms with Gasteiger partial charge < -0.3 is 20.9 Å². The Bertz CT molecular complexity index is 1130. The number of amides is 1. The van der Waals surface area contributed by atoms with Crippen molar-refractivity contribution in [2.75, 3.05) is 11.9 Å². The molecule has 3 rings (SSSR count). The van der Waals surface area contributed by atoms with Crippen LogP contribution < -0.4 is 15.8 Å². The summed E-state index contributed by atoms with van der Waals surface area (Å²) in [5, 5.41) is 10.9. The Labute approximate surface area is 194 Å². The van der Waals surface area contributed by atoms with E-state index in [0.717, 1.165) is 28.8 Å². The van der Waals surface area contributed by atoms with Crippen molar-refractivity contribution in [2.24, 2.45) is 5.73 Å². The molecule has 1 amide bonds. The van der Waals surface area contributed by atoms with E-state index in [9.17, 15) is 22.8 Å². The molecule has 0 saturated heterocycles.